The van der Waals surface area contributed by atoms with Crippen LogP contribution in [0.15, 0.2) is 66.7 Å². The Kier molecular flexibility index (Phi) is 7.58. The fraction of sp³-hybridized carbons (Fsp3) is 0.419. The lowest BCUT2D eigenvalue weighted by molar-refractivity contribution is -0.145. The first kappa shape index (κ1) is 25.4. The molecule has 0 bridgehead atoms. The van der Waals surface area contributed by atoms with Gasteiger partial charge in [-0.1, -0.05) is 61.0 Å². The van der Waals surface area contributed by atoms with Gasteiger partial charge < -0.3 is 20.1 Å². The van der Waals surface area contributed by atoms with Crippen LogP contribution in [0.25, 0.3) is 10.8 Å². The molecule has 6 nitrogen and oxygen atoms in total. The van der Waals surface area contributed by atoms with Gasteiger partial charge >= 0.3 is 5.97 Å². The number of hydrogen-bond acceptors (Lipinski definition) is 5. The Morgan fingerprint density at radius 1 is 1.00 bits per heavy atom. The van der Waals surface area contributed by atoms with E-state index in [4.69, 9.17) is 4.74 Å². The topological polar surface area (TPSA) is 78.9 Å². The number of nitrogens with one attached hydrogen (secondary N) is 1. The third kappa shape index (κ3) is 5.41. The number of methoxy groups -OCH3 is 1. The van der Waals surface area contributed by atoms with E-state index in [1.165, 1.54) is 33.9 Å². The second-order valence-corrected chi connectivity index (χ2v) is 10.5. The number of ether oxygens (including phenoxy) is 1. The van der Waals surface area contributed by atoms with Crippen molar-refractivity contribution in [2.45, 2.75) is 69.2 Å². The van der Waals surface area contributed by atoms with Gasteiger partial charge in [0.25, 0.3) is 5.91 Å². The van der Waals surface area contributed by atoms with Gasteiger partial charge in [-0.15, -0.1) is 0 Å². The molecule has 2 unspecified atom stereocenters. The highest BCUT2D eigenvalue weighted by molar-refractivity contribution is 5.97. The minimum Gasteiger partial charge on any atom is -0.467 e. The maximum absolute atomic E-state index is 13.1. The molecule has 1 aliphatic carbocycles. The average Bonchev–Trinajstić information content (AvgIpc) is 3.33. The Bertz CT molecular complexity index is 1250. The molecule has 1 aliphatic heterocycles. The first-order valence-corrected chi connectivity index (χ1v) is 13.3. The summed E-state index contributed by atoms with van der Waals surface area (Å²) < 4.78 is 4.83. The third-order valence-corrected chi connectivity index (χ3v) is 8.09. The molecule has 1 saturated heterocycles. The van der Waals surface area contributed by atoms with Crippen LogP contribution in [-0.2, 0) is 9.53 Å². The molecule has 1 saturated carbocycles. The van der Waals surface area contributed by atoms with Gasteiger partial charge in [0.2, 0.25) is 0 Å². The summed E-state index contributed by atoms with van der Waals surface area (Å²) in [5.41, 5.74) is 3.11. The molecule has 2 fully saturated rings. The number of esters is 1. The van der Waals surface area contributed by atoms with Crippen LogP contribution in [0, 0.1) is 0 Å². The van der Waals surface area contributed by atoms with Gasteiger partial charge in [0.05, 0.1) is 13.2 Å². The number of hydrogen-bond donors (Lipinski definition) is 2. The van der Waals surface area contributed by atoms with Gasteiger partial charge in [0.1, 0.15) is 6.04 Å². The van der Waals surface area contributed by atoms with E-state index in [-0.39, 0.29) is 24.9 Å². The van der Waals surface area contributed by atoms with Crippen LogP contribution in [-0.4, -0.2) is 53.7 Å². The number of rotatable bonds is 6. The predicted octanol–water partition coefficient (Wildman–Crippen LogP) is 4.97. The minimum atomic E-state index is -0.735. The molecular weight excluding hydrogens is 464 g/mol. The van der Waals surface area contributed by atoms with Crippen LogP contribution in [0.1, 0.15) is 72.5 Å². The molecule has 5 rings (SSSR count). The van der Waals surface area contributed by atoms with Crippen molar-refractivity contribution < 1.29 is 19.4 Å². The lowest BCUT2D eigenvalue weighted by atomic mass is 9.80. The van der Waals surface area contributed by atoms with Crippen LogP contribution in [0.4, 0.5) is 0 Å². The minimum absolute atomic E-state index is 0.144. The van der Waals surface area contributed by atoms with E-state index >= 15 is 0 Å². The Balaban J connectivity index is 1.24. The van der Waals surface area contributed by atoms with Crippen molar-refractivity contribution in [3.05, 3.63) is 83.4 Å². The van der Waals surface area contributed by atoms with E-state index in [2.05, 4.69) is 54.7 Å². The number of carbonyl (C=O) groups is 2. The average molecular weight is 501 g/mol. The molecule has 0 aromatic heterocycles. The fourth-order valence-corrected chi connectivity index (χ4v) is 6.18. The molecule has 2 N–H and O–H groups in total. The van der Waals surface area contributed by atoms with Crippen LogP contribution < -0.4 is 5.32 Å². The van der Waals surface area contributed by atoms with E-state index in [1.54, 1.807) is 0 Å². The summed E-state index contributed by atoms with van der Waals surface area (Å²) in [4.78, 5) is 26.6. The first-order chi connectivity index (χ1) is 17.9. The van der Waals surface area contributed by atoms with Crippen molar-refractivity contribution in [3.8, 4) is 0 Å². The second kappa shape index (κ2) is 11.0. The summed E-state index contributed by atoms with van der Waals surface area (Å²) in [5.74, 6) is -0.294. The quantitative estimate of drug-likeness (QED) is 0.468. The van der Waals surface area contributed by atoms with Crippen molar-refractivity contribution in [1.82, 2.24) is 10.2 Å². The van der Waals surface area contributed by atoms with Gasteiger partial charge in [-0.3, -0.25) is 4.79 Å². The second-order valence-electron chi connectivity index (χ2n) is 10.5. The molecular formula is C31H36N2O4. The van der Waals surface area contributed by atoms with Crippen LogP contribution in [0.5, 0.6) is 0 Å². The number of benzene rings is 3. The van der Waals surface area contributed by atoms with Crippen molar-refractivity contribution in [3.63, 3.8) is 0 Å². The van der Waals surface area contributed by atoms with E-state index in [1.807, 2.05) is 24.3 Å². The number of β-amino-alcohol motifs (C(OH)–C–C–N with tert-alkyl or cyclic N) is 1. The largest absolute Gasteiger partial charge is 0.467 e. The summed E-state index contributed by atoms with van der Waals surface area (Å²) in [6.07, 6.45) is 4.02. The van der Waals surface area contributed by atoms with Crippen molar-refractivity contribution in [1.29, 1.82) is 0 Å². The molecule has 2 aliphatic rings. The Morgan fingerprint density at radius 3 is 2.54 bits per heavy atom. The number of carbonyl (C=O) groups excluding carboxylic acids is 2. The molecule has 37 heavy (non-hydrogen) atoms. The number of nitrogens with zero attached hydrogens (tertiary/aromatic N) is 1. The summed E-state index contributed by atoms with van der Waals surface area (Å²) in [6.45, 7) is 2.40. The summed E-state index contributed by atoms with van der Waals surface area (Å²) in [6, 6.07) is 22.8. The van der Waals surface area contributed by atoms with Gasteiger partial charge in [0, 0.05) is 30.6 Å². The molecule has 6 heteroatoms. The zero-order valence-electron chi connectivity index (χ0n) is 21.6. The van der Waals surface area contributed by atoms with Crippen LogP contribution >= 0.6 is 0 Å². The van der Waals surface area contributed by atoms with E-state index in [9.17, 15) is 14.7 Å². The zero-order valence-corrected chi connectivity index (χ0v) is 21.6. The SMILES string of the molecule is COC(=O)[C@@H]1C[C@@H](O)CN1C(=O)c1ccc(C2CCCC(N[C@H](C)c3cccc4ccccc34)C2)cc1. The molecule has 5 atom stereocenters. The van der Waals surface area contributed by atoms with Gasteiger partial charge in [0.15, 0.2) is 0 Å². The Labute approximate surface area is 218 Å². The summed E-state index contributed by atoms with van der Waals surface area (Å²) >= 11 is 0. The number of aliphatic hydroxyl groups is 1. The lowest BCUT2D eigenvalue weighted by Crippen LogP contribution is -2.41. The third-order valence-electron chi connectivity index (χ3n) is 8.09. The smallest absolute Gasteiger partial charge is 0.328 e. The number of likely N-dealkylation sites (tertiary alicyclic amines) is 1. The van der Waals surface area contributed by atoms with Crippen molar-refractivity contribution in [2.24, 2.45) is 0 Å². The highest BCUT2D eigenvalue weighted by Gasteiger charge is 2.40. The fourth-order valence-electron chi connectivity index (χ4n) is 6.18. The highest BCUT2D eigenvalue weighted by Crippen LogP contribution is 2.35. The molecule has 0 spiro atoms. The maximum atomic E-state index is 13.1. The van der Waals surface area contributed by atoms with Crippen molar-refractivity contribution >= 4 is 22.6 Å². The zero-order chi connectivity index (χ0) is 25.9. The predicted molar refractivity (Wildman–Crippen MR) is 144 cm³/mol. The standard InChI is InChI=1S/C31H36N2O4/c1-20(27-12-6-8-22-7-3-4-11-28(22)27)32-25-10-5-9-24(17-25)21-13-15-23(16-14-21)30(35)33-19-26(34)18-29(33)31(36)37-2/h3-4,6-8,11-16,20,24-26,29,32,34H,5,9-10,17-19H2,1-2H3/t20-,24?,25?,26-,29+/m1/s1. The van der Waals surface area contributed by atoms with Gasteiger partial charge in [-0.2, -0.15) is 0 Å². The monoisotopic (exact) mass is 500 g/mol. The summed E-state index contributed by atoms with van der Waals surface area (Å²) in [5, 5.41) is 16.5. The van der Waals surface area contributed by atoms with Gasteiger partial charge in [-0.05, 0) is 66.1 Å². The van der Waals surface area contributed by atoms with Crippen molar-refractivity contribution in [2.75, 3.05) is 13.7 Å². The number of fused-ring (bicyclic) bond motifs is 1. The van der Waals surface area contributed by atoms with Gasteiger partial charge in [-0.25, -0.2) is 4.79 Å². The lowest BCUT2D eigenvalue weighted by Gasteiger charge is -2.33. The molecule has 194 valence electrons. The van der Waals surface area contributed by atoms with Crippen LogP contribution in [0.3, 0.4) is 0 Å². The molecule has 3 aromatic rings. The number of aliphatic hydroxyl groups excluding tert-OH is 1. The number of amides is 1. The normalized spacial score (nSPS) is 24.7. The maximum Gasteiger partial charge on any atom is 0.328 e. The van der Waals surface area contributed by atoms with E-state index < -0.39 is 18.1 Å². The molecule has 3 aromatic carbocycles. The molecule has 1 heterocycles. The first-order valence-electron chi connectivity index (χ1n) is 13.3. The van der Waals surface area contributed by atoms with E-state index in [0.29, 0.717) is 17.5 Å². The van der Waals surface area contributed by atoms with E-state index in [0.717, 1.165) is 25.7 Å². The summed E-state index contributed by atoms with van der Waals surface area (Å²) in [7, 11) is 1.31. The molecule has 0 radical (unpaired) electrons. The Morgan fingerprint density at radius 2 is 1.76 bits per heavy atom. The Hall–Kier alpha value is -3.22. The van der Waals surface area contributed by atoms with Crippen LogP contribution in [0.2, 0.25) is 0 Å². The highest BCUT2D eigenvalue weighted by atomic mass is 16.5. The molecule has 1 amide bonds.